The lowest BCUT2D eigenvalue weighted by Gasteiger charge is -2.50. The van der Waals surface area contributed by atoms with Gasteiger partial charge in [-0.3, -0.25) is 0 Å². The third-order valence-corrected chi connectivity index (χ3v) is 5.09. The third kappa shape index (κ3) is 2.50. The maximum absolute atomic E-state index is 6.60. The Balaban J connectivity index is 0.00000120. The van der Waals surface area contributed by atoms with Gasteiger partial charge in [0.15, 0.2) is 0 Å². The van der Waals surface area contributed by atoms with E-state index in [-0.39, 0.29) is 13.0 Å². The van der Waals surface area contributed by atoms with E-state index in [2.05, 4.69) is 31.0 Å². The molecule has 2 nitrogen and oxygen atoms in total. The lowest BCUT2D eigenvalue weighted by Crippen LogP contribution is -2.52. The van der Waals surface area contributed by atoms with Crippen molar-refractivity contribution < 1.29 is 4.74 Å². The predicted octanol–water partition coefficient (Wildman–Crippen LogP) is 3.48. The van der Waals surface area contributed by atoms with Crippen molar-refractivity contribution in [3.63, 3.8) is 0 Å². The zero-order valence-electron chi connectivity index (χ0n) is 11.2. The maximum Gasteiger partial charge on any atom is 0.0711 e. The number of fused-ring (bicyclic) bond motifs is 1. The standard InChI is InChI=1S/C15H25NO.CH4/c1-12-4-3-5-13-6-7-15(17-14(12)13)8-10-16(2)11-9-15;/h3,5,12-14H,4,6-11H2,1-2H3;1H4. The highest BCUT2D eigenvalue weighted by molar-refractivity contribution is 5.05. The van der Waals surface area contributed by atoms with E-state index in [1.54, 1.807) is 0 Å². The Labute approximate surface area is 112 Å². The Morgan fingerprint density at radius 1 is 1.22 bits per heavy atom. The lowest BCUT2D eigenvalue weighted by atomic mass is 9.74. The second-order valence-electron chi connectivity index (χ2n) is 6.41. The molecule has 3 aliphatic rings. The molecule has 3 rings (SSSR count). The van der Waals surface area contributed by atoms with Gasteiger partial charge in [0.1, 0.15) is 0 Å². The van der Waals surface area contributed by atoms with Crippen molar-refractivity contribution in [2.45, 2.75) is 58.2 Å². The molecule has 0 bridgehead atoms. The maximum atomic E-state index is 6.60. The number of piperidine rings is 1. The first-order chi connectivity index (χ1) is 8.19. The minimum atomic E-state index is 0. The van der Waals surface area contributed by atoms with Gasteiger partial charge in [-0.25, -0.2) is 0 Å². The molecule has 0 amide bonds. The summed E-state index contributed by atoms with van der Waals surface area (Å²) >= 11 is 0. The second kappa shape index (κ2) is 5.34. The van der Waals surface area contributed by atoms with Gasteiger partial charge in [0.2, 0.25) is 0 Å². The van der Waals surface area contributed by atoms with Crippen LogP contribution >= 0.6 is 0 Å². The molecule has 3 unspecified atom stereocenters. The molecular formula is C16H29NO. The molecule has 2 aliphatic heterocycles. The SMILES string of the molecule is C.CC1CC=CC2CCC3(CCN(C)CC3)OC12. The van der Waals surface area contributed by atoms with E-state index in [0.29, 0.717) is 17.9 Å². The largest absolute Gasteiger partial charge is 0.371 e. The van der Waals surface area contributed by atoms with Crippen LogP contribution in [0, 0.1) is 11.8 Å². The first-order valence-electron chi connectivity index (χ1n) is 7.22. The molecule has 0 N–H and O–H groups in total. The topological polar surface area (TPSA) is 12.5 Å². The summed E-state index contributed by atoms with van der Waals surface area (Å²) in [7, 11) is 2.23. The Kier molecular flexibility index (Phi) is 4.18. The molecular weight excluding hydrogens is 222 g/mol. The van der Waals surface area contributed by atoms with Gasteiger partial charge in [0, 0.05) is 19.0 Å². The van der Waals surface area contributed by atoms with Gasteiger partial charge in [-0.2, -0.15) is 0 Å². The summed E-state index contributed by atoms with van der Waals surface area (Å²) < 4.78 is 6.60. The zero-order valence-corrected chi connectivity index (χ0v) is 11.2. The molecule has 2 heterocycles. The third-order valence-electron chi connectivity index (χ3n) is 5.09. The van der Waals surface area contributed by atoms with Gasteiger partial charge in [-0.15, -0.1) is 0 Å². The Morgan fingerprint density at radius 2 is 1.94 bits per heavy atom. The highest BCUT2D eigenvalue weighted by atomic mass is 16.5. The monoisotopic (exact) mass is 251 g/mol. The van der Waals surface area contributed by atoms with Gasteiger partial charge in [-0.1, -0.05) is 26.5 Å². The quantitative estimate of drug-likeness (QED) is 0.611. The van der Waals surface area contributed by atoms with Gasteiger partial charge in [0.05, 0.1) is 11.7 Å². The molecule has 0 radical (unpaired) electrons. The van der Waals surface area contributed by atoms with Crippen LogP contribution in [-0.2, 0) is 4.74 Å². The van der Waals surface area contributed by atoms with Crippen molar-refractivity contribution in [1.82, 2.24) is 4.90 Å². The van der Waals surface area contributed by atoms with Crippen molar-refractivity contribution in [1.29, 1.82) is 0 Å². The van der Waals surface area contributed by atoms with E-state index < -0.39 is 0 Å². The van der Waals surface area contributed by atoms with Crippen LogP contribution in [0.3, 0.4) is 0 Å². The van der Waals surface area contributed by atoms with Crippen molar-refractivity contribution in [2.75, 3.05) is 20.1 Å². The van der Waals surface area contributed by atoms with Crippen molar-refractivity contribution in [3.05, 3.63) is 12.2 Å². The van der Waals surface area contributed by atoms with Crippen LogP contribution in [0.4, 0.5) is 0 Å². The fourth-order valence-corrected chi connectivity index (χ4v) is 3.77. The minimum Gasteiger partial charge on any atom is -0.371 e. The summed E-state index contributed by atoms with van der Waals surface area (Å²) in [5.41, 5.74) is 0.229. The number of likely N-dealkylation sites (tertiary alicyclic amines) is 1. The van der Waals surface area contributed by atoms with Crippen molar-refractivity contribution in [3.8, 4) is 0 Å². The van der Waals surface area contributed by atoms with Crippen molar-refractivity contribution >= 4 is 0 Å². The number of hydrogen-bond donors (Lipinski definition) is 0. The Bertz CT molecular complexity index is 304. The van der Waals surface area contributed by atoms with Gasteiger partial charge in [0.25, 0.3) is 0 Å². The number of ether oxygens (including phenoxy) is 1. The second-order valence-corrected chi connectivity index (χ2v) is 6.41. The lowest BCUT2D eigenvalue weighted by molar-refractivity contribution is -0.182. The summed E-state index contributed by atoms with van der Waals surface area (Å²) in [4.78, 5) is 2.44. The van der Waals surface area contributed by atoms with Gasteiger partial charge < -0.3 is 9.64 Å². The summed E-state index contributed by atoms with van der Waals surface area (Å²) in [5, 5.41) is 0. The smallest absolute Gasteiger partial charge is 0.0711 e. The van der Waals surface area contributed by atoms with E-state index in [4.69, 9.17) is 4.74 Å². The van der Waals surface area contributed by atoms with E-state index in [1.165, 1.54) is 45.2 Å². The number of nitrogens with zero attached hydrogens (tertiary/aromatic N) is 1. The molecule has 0 aromatic carbocycles. The van der Waals surface area contributed by atoms with E-state index >= 15 is 0 Å². The van der Waals surface area contributed by atoms with E-state index in [1.807, 2.05) is 0 Å². The summed E-state index contributed by atoms with van der Waals surface area (Å²) in [5.74, 6) is 1.41. The summed E-state index contributed by atoms with van der Waals surface area (Å²) in [6, 6.07) is 0. The molecule has 1 aliphatic carbocycles. The highest BCUT2D eigenvalue weighted by Gasteiger charge is 2.44. The molecule has 0 saturated carbocycles. The minimum absolute atomic E-state index is 0. The van der Waals surface area contributed by atoms with Crippen LogP contribution in [0.15, 0.2) is 12.2 Å². The fraction of sp³-hybridized carbons (Fsp3) is 0.875. The van der Waals surface area contributed by atoms with Crippen LogP contribution < -0.4 is 0 Å². The van der Waals surface area contributed by atoms with Crippen LogP contribution in [0.2, 0.25) is 0 Å². The molecule has 2 heteroatoms. The van der Waals surface area contributed by atoms with E-state index in [0.717, 1.165) is 0 Å². The highest BCUT2D eigenvalue weighted by Crippen LogP contribution is 2.44. The molecule has 104 valence electrons. The van der Waals surface area contributed by atoms with Crippen LogP contribution in [0.1, 0.15) is 46.5 Å². The number of rotatable bonds is 0. The fourth-order valence-electron chi connectivity index (χ4n) is 3.77. The number of hydrogen-bond acceptors (Lipinski definition) is 2. The molecule has 0 aromatic rings. The first-order valence-corrected chi connectivity index (χ1v) is 7.22. The summed E-state index contributed by atoms with van der Waals surface area (Å²) in [6.45, 7) is 4.78. The first kappa shape index (κ1) is 14.1. The molecule has 2 fully saturated rings. The molecule has 0 aromatic heterocycles. The molecule has 2 saturated heterocycles. The summed E-state index contributed by atoms with van der Waals surface area (Å²) in [6.07, 6.45) is 11.6. The van der Waals surface area contributed by atoms with Crippen LogP contribution in [-0.4, -0.2) is 36.7 Å². The predicted molar refractivity (Wildman–Crippen MR) is 76.7 cm³/mol. The molecule has 3 atom stereocenters. The van der Waals surface area contributed by atoms with Gasteiger partial charge in [-0.05, 0) is 45.1 Å². The molecule has 1 spiro atoms. The Hall–Kier alpha value is -0.340. The van der Waals surface area contributed by atoms with E-state index in [9.17, 15) is 0 Å². The average molecular weight is 251 g/mol. The van der Waals surface area contributed by atoms with Gasteiger partial charge >= 0.3 is 0 Å². The Morgan fingerprint density at radius 3 is 2.67 bits per heavy atom. The molecule has 18 heavy (non-hydrogen) atoms. The average Bonchev–Trinajstić information content (AvgIpc) is 2.35. The van der Waals surface area contributed by atoms with Crippen LogP contribution in [0.5, 0.6) is 0 Å². The normalized spacial score (nSPS) is 39.1. The zero-order chi connectivity index (χ0) is 11.9. The van der Waals surface area contributed by atoms with Crippen molar-refractivity contribution in [2.24, 2.45) is 11.8 Å². The van der Waals surface area contributed by atoms with Crippen LogP contribution in [0.25, 0.3) is 0 Å². The number of allylic oxidation sites excluding steroid dienone is 1.